The van der Waals surface area contributed by atoms with E-state index >= 15 is 0 Å². The Labute approximate surface area is 191 Å². The Bertz CT molecular complexity index is 1060. The van der Waals surface area contributed by atoms with Crippen molar-refractivity contribution in [1.82, 2.24) is 19.8 Å². The van der Waals surface area contributed by atoms with Gasteiger partial charge in [0.15, 0.2) is 0 Å². The van der Waals surface area contributed by atoms with Crippen LogP contribution in [0.4, 0.5) is 0 Å². The fourth-order valence-corrected chi connectivity index (χ4v) is 6.58. The predicted molar refractivity (Wildman–Crippen MR) is 124 cm³/mol. The van der Waals surface area contributed by atoms with Crippen LogP contribution < -0.4 is 10.9 Å². The second-order valence-electron chi connectivity index (χ2n) is 9.12. The van der Waals surface area contributed by atoms with Crippen molar-refractivity contribution in [3.63, 3.8) is 0 Å². The van der Waals surface area contributed by atoms with Crippen LogP contribution in [0.25, 0.3) is 6.08 Å². The van der Waals surface area contributed by atoms with Gasteiger partial charge in [0, 0.05) is 53.9 Å². The van der Waals surface area contributed by atoms with E-state index in [1.807, 2.05) is 41.2 Å². The normalized spacial score (nSPS) is 27.8. The minimum atomic E-state index is -0.432. The molecule has 2 N–H and O–H groups in total. The lowest BCUT2D eigenvalue weighted by molar-refractivity contribution is -0.128. The minimum Gasteiger partial charge on any atom is -0.396 e. The number of nitrogens with zero attached hydrogens (tertiary/aromatic N) is 3. The number of aliphatic hydroxyl groups excluding tert-OH is 1. The Kier molecular flexibility index (Phi) is 6.01. The zero-order chi connectivity index (χ0) is 22.2. The first-order chi connectivity index (χ1) is 15.6. The molecule has 4 atom stereocenters. The summed E-state index contributed by atoms with van der Waals surface area (Å²) in [5, 5.41) is 16.5. The van der Waals surface area contributed by atoms with Crippen LogP contribution in [0.15, 0.2) is 34.6 Å². The summed E-state index contributed by atoms with van der Waals surface area (Å²) < 4.78 is 1.84. The highest BCUT2D eigenvalue weighted by Crippen LogP contribution is 2.49. The van der Waals surface area contributed by atoms with Gasteiger partial charge in [-0.2, -0.15) is 0 Å². The molecule has 0 aromatic carbocycles. The third-order valence-corrected chi connectivity index (χ3v) is 8.10. The van der Waals surface area contributed by atoms with Gasteiger partial charge in [-0.15, -0.1) is 11.3 Å². The molecule has 1 saturated heterocycles. The molecule has 0 unspecified atom stereocenters. The average molecular weight is 455 g/mol. The number of carbonyl (C=O) groups excluding carboxylic acids is 1. The van der Waals surface area contributed by atoms with E-state index in [4.69, 9.17) is 0 Å². The molecule has 0 bridgehead atoms. The van der Waals surface area contributed by atoms with Gasteiger partial charge in [-0.05, 0) is 31.9 Å². The summed E-state index contributed by atoms with van der Waals surface area (Å²) in [5.41, 5.74) is 1.59. The Morgan fingerprint density at radius 3 is 2.84 bits per heavy atom. The Balaban J connectivity index is 1.53. The van der Waals surface area contributed by atoms with Gasteiger partial charge in [0.25, 0.3) is 5.56 Å². The molecule has 4 heterocycles. The van der Waals surface area contributed by atoms with Crippen LogP contribution >= 0.6 is 11.3 Å². The van der Waals surface area contributed by atoms with Crippen LogP contribution in [0.5, 0.6) is 0 Å². The molecule has 0 radical (unpaired) electrons. The topological polar surface area (TPSA) is 87.5 Å². The molecule has 1 aliphatic carbocycles. The maximum absolute atomic E-state index is 13.5. The van der Waals surface area contributed by atoms with E-state index in [2.05, 4.69) is 15.2 Å². The lowest BCUT2D eigenvalue weighted by atomic mass is 9.88. The van der Waals surface area contributed by atoms with Crippen LogP contribution in [-0.4, -0.2) is 44.2 Å². The molecule has 2 aliphatic heterocycles. The van der Waals surface area contributed by atoms with Gasteiger partial charge in [-0.3, -0.25) is 14.5 Å². The lowest BCUT2D eigenvalue weighted by Gasteiger charge is -2.31. The first kappa shape index (κ1) is 21.6. The second-order valence-corrected chi connectivity index (χ2v) is 10.1. The van der Waals surface area contributed by atoms with Crippen molar-refractivity contribution in [1.29, 1.82) is 0 Å². The smallest absolute Gasteiger partial charge is 0.258 e. The highest BCUT2D eigenvalue weighted by molar-refractivity contribution is 7.09. The number of nitrogens with one attached hydrogen (secondary N) is 1. The second kappa shape index (κ2) is 8.92. The summed E-state index contributed by atoms with van der Waals surface area (Å²) in [6.45, 7) is 2.87. The van der Waals surface area contributed by atoms with Crippen molar-refractivity contribution in [2.75, 3.05) is 6.61 Å². The van der Waals surface area contributed by atoms with E-state index < -0.39 is 6.04 Å². The molecule has 8 heteroatoms. The van der Waals surface area contributed by atoms with Crippen molar-refractivity contribution in [2.45, 2.75) is 63.8 Å². The Morgan fingerprint density at radius 1 is 1.34 bits per heavy atom. The standard InChI is InChI=1S/C24H30N4O3S/c1-2-5-15-8-9-19-21-17(12-27(19)24(15)31)18(14-29)22(23(30)26-16-6-3-4-7-16)28(21)13-20-25-10-11-32-20/h2,5,8-11,16-18,21-22,29H,3-4,6-7,12-14H2,1H3,(H,26,30)/b5-2-/t17-,18-,21+,22-/m0/s1. The summed E-state index contributed by atoms with van der Waals surface area (Å²) in [4.78, 5) is 33.2. The van der Waals surface area contributed by atoms with Crippen LogP contribution in [0.1, 0.15) is 54.9 Å². The molecule has 1 amide bonds. The van der Waals surface area contributed by atoms with Crippen LogP contribution in [-0.2, 0) is 17.9 Å². The quantitative estimate of drug-likeness (QED) is 0.701. The number of hydrogen-bond acceptors (Lipinski definition) is 6. The Morgan fingerprint density at radius 2 is 2.16 bits per heavy atom. The van der Waals surface area contributed by atoms with Crippen LogP contribution in [0, 0.1) is 11.8 Å². The summed E-state index contributed by atoms with van der Waals surface area (Å²) >= 11 is 1.57. The van der Waals surface area contributed by atoms with Gasteiger partial charge in [0.1, 0.15) is 5.01 Å². The molecular weight excluding hydrogens is 424 g/mol. The van der Waals surface area contributed by atoms with Gasteiger partial charge in [0.2, 0.25) is 5.91 Å². The largest absolute Gasteiger partial charge is 0.396 e. The summed E-state index contributed by atoms with van der Waals surface area (Å²) in [6, 6.07) is 3.59. The van der Waals surface area contributed by atoms with E-state index in [1.165, 1.54) is 0 Å². The predicted octanol–water partition coefficient (Wildman–Crippen LogP) is 2.56. The molecule has 2 fully saturated rings. The van der Waals surface area contributed by atoms with Crippen LogP contribution in [0.2, 0.25) is 0 Å². The maximum Gasteiger partial charge on any atom is 0.258 e. The van der Waals surface area contributed by atoms with Crippen molar-refractivity contribution in [3.05, 3.63) is 56.4 Å². The number of carbonyl (C=O) groups is 1. The van der Waals surface area contributed by atoms with Gasteiger partial charge < -0.3 is 15.0 Å². The number of pyridine rings is 1. The van der Waals surface area contributed by atoms with Gasteiger partial charge in [-0.1, -0.05) is 25.0 Å². The van der Waals surface area contributed by atoms with Gasteiger partial charge >= 0.3 is 0 Å². The molecule has 0 spiro atoms. The fourth-order valence-electron chi connectivity index (χ4n) is 5.95. The minimum absolute atomic E-state index is 0.00124. The molecule has 5 rings (SSSR count). The lowest BCUT2D eigenvalue weighted by Crippen LogP contribution is -2.50. The zero-order valence-corrected chi connectivity index (χ0v) is 19.1. The van der Waals surface area contributed by atoms with Crippen LogP contribution in [0.3, 0.4) is 0 Å². The number of amides is 1. The number of allylic oxidation sites excluding steroid dienone is 1. The number of fused-ring (bicyclic) bond motifs is 3. The summed E-state index contributed by atoms with van der Waals surface area (Å²) in [6.07, 6.45) is 9.82. The molecule has 3 aliphatic rings. The van der Waals surface area contributed by atoms with E-state index in [1.54, 1.807) is 17.5 Å². The number of aliphatic hydroxyl groups is 1. The van der Waals surface area contributed by atoms with Crippen molar-refractivity contribution >= 4 is 23.3 Å². The van der Waals surface area contributed by atoms with Gasteiger partial charge in [0.05, 0.1) is 18.6 Å². The van der Waals surface area contributed by atoms with E-state index in [0.29, 0.717) is 18.7 Å². The van der Waals surface area contributed by atoms with E-state index in [9.17, 15) is 14.7 Å². The fraction of sp³-hybridized carbons (Fsp3) is 0.542. The van der Waals surface area contributed by atoms with Gasteiger partial charge in [-0.25, -0.2) is 4.98 Å². The zero-order valence-electron chi connectivity index (χ0n) is 18.3. The summed E-state index contributed by atoms with van der Waals surface area (Å²) in [7, 11) is 0. The maximum atomic E-state index is 13.5. The average Bonchev–Trinajstić information content (AvgIpc) is 3.56. The molecule has 1 saturated carbocycles. The summed E-state index contributed by atoms with van der Waals surface area (Å²) in [5.74, 6) is -0.222. The number of aromatic nitrogens is 2. The monoisotopic (exact) mass is 454 g/mol. The first-order valence-corrected chi connectivity index (χ1v) is 12.4. The third kappa shape index (κ3) is 3.64. The number of likely N-dealkylation sites (tertiary alicyclic amines) is 1. The molecule has 7 nitrogen and oxygen atoms in total. The van der Waals surface area contributed by atoms with Crippen molar-refractivity contribution < 1.29 is 9.90 Å². The highest BCUT2D eigenvalue weighted by Gasteiger charge is 2.55. The Hall–Kier alpha value is -2.29. The van der Waals surface area contributed by atoms with E-state index in [-0.39, 0.29) is 42.0 Å². The number of rotatable bonds is 6. The molecular formula is C24H30N4O3S. The number of thiazole rings is 1. The van der Waals surface area contributed by atoms with Crippen molar-refractivity contribution in [2.24, 2.45) is 11.8 Å². The SMILES string of the molecule is C/C=C\c1ccc2n(c1=O)C[C@H]1[C@H](CO)[C@@H](C(=O)NC3CCCC3)N(Cc3nccs3)[C@@H]21. The third-order valence-electron chi connectivity index (χ3n) is 7.34. The molecule has 32 heavy (non-hydrogen) atoms. The van der Waals surface area contributed by atoms with E-state index in [0.717, 1.165) is 36.4 Å². The number of hydrogen-bond donors (Lipinski definition) is 2. The molecule has 2 aromatic heterocycles. The van der Waals surface area contributed by atoms with Crippen molar-refractivity contribution in [3.8, 4) is 0 Å². The highest BCUT2D eigenvalue weighted by atomic mass is 32.1. The molecule has 2 aromatic rings. The molecule has 170 valence electrons. The first-order valence-electron chi connectivity index (χ1n) is 11.5.